The molecule has 2 N–H and O–H groups in total. The molecular weight excluding hydrogens is 286 g/mol. The lowest BCUT2D eigenvalue weighted by Crippen LogP contribution is -2.26. The first-order valence-electron chi connectivity index (χ1n) is 7.29. The monoisotopic (exact) mass is 305 g/mol. The SMILES string of the molecule is CC1(C)CCCC(n2nnnc2-c2cc(Cl)ccc2N)C1. The molecule has 1 aromatic carbocycles. The van der Waals surface area contributed by atoms with Gasteiger partial charge in [-0.1, -0.05) is 31.9 Å². The molecule has 3 rings (SSSR count). The van der Waals surface area contributed by atoms with E-state index in [4.69, 9.17) is 17.3 Å². The number of aromatic nitrogens is 4. The number of nitrogen functional groups attached to an aromatic ring is 1. The van der Waals surface area contributed by atoms with Gasteiger partial charge in [0.2, 0.25) is 0 Å². The topological polar surface area (TPSA) is 69.6 Å². The second kappa shape index (κ2) is 5.30. The summed E-state index contributed by atoms with van der Waals surface area (Å²) >= 11 is 6.08. The molecule has 2 aromatic rings. The van der Waals surface area contributed by atoms with Gasteiger partial charge in [0.25, 0.3) is 0 Å². The molecule has 1 aliphatic rings. The normalized spacial score (nSPS) is 21.4. The van der Waals surface area contributed by atoms with Crippen LogP contribution in [0.1, 0.15) is 45.6 Å². The quantitative estimate of drug-likeness (QED) is 0.859. The molecule has 0 radical (unpaired) electrons. The Balaban J connectivity index is 1.99. The second-order valence-corrected chi connectivity index (χ2v) is 7.03. The molecule has 0 saturated heterocycles. The lowest BCUT2D eigenvalue weighted by molar-refractivity contribution is 0.174. The Hall–Kier alpha value is -1.62. The van der Waals surface area contributed by atoms with E-state index < -0.39 is 0 Å². The number of nitrogens with zero attached hydrogens (tertiary/aromatic N) is 4. The van der Waals surface area contributed by atoms with Crippen molar-refractivity contribution in [2.45, 2.75) is 45.6 Å². The molecule has 0 amide bonds. The van der Waals surface area contributed by atoms with Crippen LogP contribution in [0.15, 0.2) is 18.2 Å². The van der Waals surface area contributed by atoms with E-state index in [9.17, 15) is 0 Å². The third-order valence-corrected chi connectivity index (χ3v) is 4.51. The Bertz CT molecular complexity index is 649. The third kappa shape index (κ3) is 2.88. The largest absolute Gasteiger partial charge is 0.398 e. The molecule has 0 spiro atoms. The van der Waals surface area contributed by atoms with Gasteiger partial charge in [-0.05, 0) is 53.3 Å². The number of rotatable bonds is 2. The van der Waals surface area contributed by atoms with E-state index in [2.05, 4.69) is 29.4 Å². The molecule has 1 heterocycles. The van der Waals surface area contributed by atoms with Crippen molar-refractivity contribution in [1.82, 2.24) is 20.2 Å². The van der Waals surface area contributed by atoms with Crippen LogP contribution in [0.2, 0.25) is 5.02 Å². The third-order valence-electron chi connectivity index (χ3n) is 4.27. The molecule has 0 bridgehead atoms. The second-order valence-electron chi connectivity index (χ2n) is 6.59. The van der Waals surface area contributed by atoms with Gasteiger partial charge in [-0.2, -0.15) is 0 Å². The van der Waals surface area contributed by atoms with Crippen molar-refractivity contribution < 1.29 is 0 Å². The molecular formula is C15H20ClN5. The van der Waals surface area contributed by atoms with Crippen molar-refractivity contribution in [3.05, 3.63) is 23.2 Å². The lowest BCUT2D eigenvalue weighted by atomic mass is 9.75. The van der Waals surface area contributed by atoms with Crippen molar-refractivity contribution in [2.24, 2.45) is 5.41 Å². The zero-order valence-electron chi connectivity index (χ0n) is 12.4. The Kier molecular flexibility index (Phi) is 3.61. The van der Waals surface area contributed by atoms with E-state index in [0.29, 0.717) is 28.0 Å². The molecule has 1 aliphatic carbocycles. The molecule has 1 fully saturated rings. The first-order chi connectivity index (χ1) is 9.96. The highest BCUT2D eigenvalue weighted by molar-refractivity contribution is 6.31. The maximum atomic E-state index is 6.08. The van der Waals surface area contributed by atoms with Crippen molar-refractivity contribution >= 4 is 17.3 Å². The maximum absolute atomic E-state index is 6.08. The van der Waals surface area contributed by atoms with E-state index in [1.54, 1.807) is 12.1 Å². The fourth-order valence-corrected chi connectivity index (χ4v) is 3.38. The molecule has 1 aromatic heterocycles. The van der Waals surface area contributed by atoms with Gasteiger partial charge < -0.3 is 5.73 Å². The van der Waals surface area contributed by atoms with Crippen LogP contribution >= 0.6 is 11.6 Å². The molecule has 5 nitrogen and oxygen atoms in total. The van der Waals surface area contributed by atoms with Gasteiger partial charge in [0.05, 0.1) is 6.04 Å². The number of nitrogens with two attached hydrogens (primary N) is 1. The van der Waals surface area contributed by atoms with Crippen LogP contribution in [-0.2, 0) is 0 Å². The first kappa shape index (κ1) is 14.3. The molecule has 0 aliphatic heterocycles. The zero-order valence-corrected chi connectivity index (χ0v) is 13.1. The number of hydrogen-bond donors (Lipinski definition) is 1. The molecule has 1 atom stereocenters. The van der Waals surface area contributed by atoms with E-state index >= 15 is 0 Å². The van der Waals surface area contributed by atoms with Gasteiger partial charge in [-0.25, -0.2) is 4.68 Å². The summed E-state index contributed by atoms with van der Waals surface area (Å²) in [6.45, 7) is 4.61. The summed E-state index contributed by atoms with van der Waals surface area (Å²) in [5.41, 5.74) is 7.84. The van der Waals surface area contributed by atoms with Gasteiger partial charge >= 0.3 is 0 Å². The molecule has 21 heavy (non-hydrogen) atoms. The van der Waals surface area contributed by atoms with Gasteiger partial charge in [0, 0.05) is 16.3 Å². The summed E-state index contributed by atoms with van der Waals surface area (Å²) in [6, 6.07) is 5.71. The van der Waals surface area contributed by atoms with Gasteiger partial charge in [0.15, 0.2) is 5.82 Å². The average Bonchev–Trinajstić information content (AvgIpc) is 2.89. The Labute approximate surface area is 129 Å². The minimum atomic E-state index is 0.317. The van der Waals surface area contributed by atoms with E-state index in [0.717, 1.165) is 18.4 Å². The summed E-state index contributed by atoms with van der Waals surface area (Å²) < 4.78 is 1.92. The van der Waals surface area contributed by atoms with Crippen molar-refractivity contribution in [1.29, 1.82) is 0 Å². The van der Waals surface area contributed by atoms with Crippen LogP contribution in [0.4, 0.5) is 5.69 Å². The smallest absolute Gasteiger partial charge is 0.184 e. The summed E-state index contributed by atoms with van der Waals surface area (Å²) in [5.74, 6) is 0.706. The van der Waals surface area contributed by atoms with Crippen LogP contribution < -0.4 is 5.73 Å². The van der Waals surface area contributed by atoms with Crippen molar-refractivity contribution in [2.75, 3.05) is 5.73 Å². The number of benzene rings is 1. The number of anilines is 1. The summed E-state index contributed by atoms with van der Waals surface area (Å²) in [6.07, 6.45) is 4.62. The molecule has 1 unspecified atom stereocenters. The Morgan fingerprint density at radius 1 is 1.38 bits per heavy atom. The highest BCUT2D eigenvalue weighted by Gasteiger charge is 2.31. The molecule has 6 heteroatoms. The van der Waals surface area contributed by atoms with E-state index in [-0.39, 0.29) is 0 Å². The van der Waals surface area contributed by atoms with Gasteiger partial charge in [-0.15, -0.1) is 5.10 Å². The minimum absolute atomic E-state index is 0.317. The minimum Gasteiger partial charge on any atom is -0.398 e. The zero-order chi connectivity index (χ0) is 15.0. The van der Waals surface area contributed by atoms with E-state index in [1.165, 1.54) is 12.8 Å². The standard InChI is InChI=1S/C15H20ClN5/c1-15(2)7-3-4-11(9-15)21-14(18-19-20-21)12-8-10(16)5-6-13(12)17/h5-6,8,11H,3-4,7,9,17H2,1-2H3. The summed E-state index contributed by atoms with van der Waals surface area (Å²) in [7, 11) is 0. The summed E-state index contributed by atoms with van der Waals surface area (Å²) in [4.78, 5) is 0. The van der Waals surface area contributed by atoms with Crippen LogP contribution in [0.25, 0.3) is 11.4 Å². The Morgan fingerprint density at radius 3 is 2.95 bits per heavy atom. The Morgan fingerprint density at radius 2 is 2.19 bits per heavy atom. The van der Waals surface area contributed by atoms with Crippen LogP contribution in [-0.4, -0.2) is 20.2 Å². The van der Waals surface area contributed by atoms with Gasteiger partial charge in [0.1, 0.15) is 0 Å². The fourth-order valence-electron chi connectivity index (χ4n) is 3.21. The van der Waals surface area contributed by atoms with E-state index in [1.807, 2.05) is 10.7 Å². The van der Waals surface area contributed by atoms with Crippen molar-refractivity contribution in [3.8, 4) is 11.4 Å². The number of halogens is 1. The highest BCUT2D eigenvalue weighted by atomic mass is 35.5. The number of hydrogen-bond acceptors (Lipinski definition) is 4. The van der Waals surface area contributed by atoms with Gasteiger partial charge in [-0.3, -0.25) is 0 Å². The predicted octanol–water partition coefficient (Wildman–Crippen LogP) is 3.72. The first-order valence-corrected chi connectivity index (χ1v) is 7.67. The highest BCUT2D eigenvalue weighted by Crippen LogP contribution is 2.42. The van der Waals surface area contributed by atoms with Crippen LogP contribution in [0, 0.1) is 5.41 Å². The predicted molar refractivity (Wildman–Crippen MR) is 84.0 cm³/mol. The molecule has 112 valence electrons. The van der Waals surface area contributed by atoms with Crippen molar-refractivity contribution in [3.63, 3.8) is 0 Å². The van der Waals surface area contributed by atoms with Crippen LogP contribution in [0.3, 0.4) is 0 Å². The molecule has 1 saturated carbocycles. The number of tetrazole rings is 1. The maximum Gasteiger partial charge on any atom is 0.184 e. The lowest BCUT2D eigenvalue weighted by Gasteiger charge is -2.35. The fraction of sp³-hybridized carbons (Fsp3) is 0.533. The average molecular weight is 306 g/mol. The van der Waals surface area contributed by atoms with Crippen LogP contribution in [0.5, 0.6) is 0 Å². The summed E-state index contributed by atoms with van der Waals surface area (Å²) in [5, 5.41) is 12.9.